The fourth-order valence-electron chi connectivity index (χ4n) is 3.80. The van der Waals surface area contributed by atoms with Gasteiger partial charge in [-0.1, -0.05) is 47.5 Å². The maximum atomic E-state index is 12.6. The number of halogens is 2. The molecule has 3 aromatic rings. The number of nitrogens with zero attached hydrogens (tertiary/aromatic N) is 2. The quantitative estimate of drug-likeness (QED) is 0.332. The third-order valence-electron chi connectivity index (χ3n) is 5.69. The largest absolute Gasteiger partial charge is 0.368 e. The molecule has 0 atom stereocenters. The van der Waals surface area contributed by atoms with Crippen molar-refractivity contribution in [1.82, 2.24) is 10.2 Å². The molecule has 4 rings (SSSR count). The number of nitrogens with one attached hydrogen (secondary N) is 2. The van der Waals surface area contributed by atoms with Crippen LogP contribution in [-0.4, -0.2) is 48.0 Å². The number of benzene rings is 3. The molecular weight excluding hydrogens is 515 g/mol. The first-order valence-electron chi connectivity index (χ1n) is 11.3. The number of amides is 2. The predicted octanol–water partition coefficient (Wildman–Crippen LogP) is 5.48. The lowest BCUT2D eigenvalue weighted by Gasteiger charge is -2.36. The number of carbonyl (C=O) groups is 2. The summed E-state index contributed by atoms with van der Waals surface area (Å²) in [5.74, 6) is -0.311. The fraction of sp³-hybridized carbons (Fsp3) is 0.148. The topological polar surface area (TPSA) is 64.7 Å². The number of hydrogen-bond donors (Lipinski definition) is 2. The van der Waals surface area contributed by atoms with Crippen molar-refractivity contribution in [3.63, 3.8) is 0 Å². The van der Waals surface area contributed by atoms with E-state index >= 15 is 0 Å². The van der Waals surface area contributed by atoms with Crippen molar-refractivity contribution in [1.29, 1.82) is 0 Å². The van der Waals surface area contributed by atoms with E-state index in [2.05, 4.69) is 15.5 Å². The minimum atomic E-state index is -0.377. The fourth-order valence-corrected chi connectivity index (χ4v) is 4.49. The molecular formula is C27H24Cl2N4O2S. The molecule has 0 aromatic heterocycles. The summed E-state index contributed by atoms with van der Waals surface area (Å²) in [6, 6.07) is 22.2. The lowest BCUT2D eigenvalue weighted by atomic mass is 10.1. The van der Waals surface area contributed by atoms with E-state index < -0.39 is 0 Å². The van der Waals surface area contributed by atoms with E-state index in [4.69, 9.17) is 35.4 Å². The highest BCUT2D eigenvalue weighted by molar-refractivity contribution is 7.80. The molecule has 1 fully saturated rings. The molecule has 0 spiro atoms. The van der Waals surface area contributed by atoms with Crippen molar-refractivity contribution in [3.05, 3.63) is 100 Å². The molecule has 6 nitrogen and oxygen atoms in total. The third-order valence-corrected chi connectivity index (χ3v) is 6.46. The summed E-state index contributed by atoms with van der Waals surface area (Å²) in [5.41, 5.74) is 3.21. The van der Waals surface area contributed by atoms with Gasteiger partial charge in [-0.15, -0.1) is 0 Å². The summed E-state index contributed by atoms with van der Waals surface area (Å²) >= 11 is 17.3. The number of carbonyl (C=O) groups excluding carboxylic acids is 2. The Kier molecular flexibility index (Phi) is 8.59. The van der Waals surface area contributed by atoms with Crippen molar-refractivity contribution < 1.29 is 9.59 Å². The average Bonchev–Trinajstić information content (AvgIpc) is 2.89. The zero-order valence-corrected chi connectivity index (χ0v) is 21.6. The van der Waals surface area contributed by atoms with Gasteiger partial charge in [-0.25, -0.2) is 0 Å². The lowest BCUT2D eigenvalue weighted by molar-refractivity contribution is -0.115. The second kappa shape index (κ2) is 12.0. The molecule has 36 heavy (non-hydrogen) atoms. The van der Waals surface area contributed by atoms with Gasteiger partial charge in [0.25, 0.3) is 5.91 Å². The zero-order valence-electron chi connectivity index (χ0n) is 19.3. The van der Waals surface area contributed by atoms with Crippen LogP contribution in [0, 0.1) is 0 Å². The Bertz CT molecular complexity index is 1270. The van der Waals surface area contributed by atoms with Gasteiger partial charge in [-0.2, -0.15) is 0 Å². The molecule has 1 saturated heterocycles. The van der Waals surface area contributed by atoms with E-state index in [0.29, 0.717) is 34.3 Å². The summed E-state index contributed by atoms with van der Waals surface area (Å²) in [6.45, 7) is 2.84. The van der Waals surface area contributed by atoms with E-state index in [9.17, 15) is 9.59 Å². The summed E-state index contributed by atoms with van der Waals surface area (Å²) in [4.78, 5) is 29.0. The molecule has 9 heteroatoms. The van der Waals surface area contributed by atoms with Crippen LogP contribution < -0.4 is 15.5 Å². The second-order valence-corrected chi connectivity index (χ2v) is 9.39. The maximum Gasteiger partial charge on any atom is 0.253 e. The van der Waals surface area contributed by atoms with Crippen molar-refractivity contribution in [2.24, 2.45) is 0 Å². The number of hydrogen-bond acceptors (Lipinski definition) is 4. The Labute approximate surface area is 225 Å². The first kappa shape index (κ1) is 25.7. The van der Waals surface area contributed by atoms with Gasteiger partial charge in [-0.3, -0.25) is 14.9 Å². The van der Waals surface area contributed by atoms with E-state index in [1.807, 2.05) is 59.5 Å². The van der Waals surface area contributed by atoms with Crippen molar-refractivity contribution >= 4 is 69.8 Å². The van der Waals surface area contributed by atoms with Gasteiger partial charge in [0.15, 0.2) is 5.11 Å². The molecule has 184 valence electrons. The Morgan fingerprint density at radius 1 is 0.889 bits per heavy atom. The average molecular weight is 539 g/mol. The molecule has 1 heterocycles. The minimum absolute atomic E-state index is 0.0662. The SMILES string of the molecule is O=C(/C=C/c1ccc(Cl)cc1Cl)NC(=S)Nc1ccc(N2CCN(C(=O)c3ccccc3)CC2)cc1. The summed E-state index contributed by atoms with van der Waals surface area (Å²) in [5, 5.41) is 6.79. The van der Waals surface area contributed by atoms with Crippen LogP contribution in [-0.2, 0) is 4.79 Å². The van der Waals surface area contributed by atoms with Crippen LogP contribution in [0.5, 0.6) is 0 Å². The van der Waals surface area contributed by atoms with Crippen LogP contribution in [0.15, 0.2) is 78.9 Å². The summed E-state index contributed by atoms with van der Waals surface area (Å²) in [6.07, 6.45) is 2.95. The van der Waals surface area contributed by atoms with Crippen LogP contribution in [0.3, 0.4) is 0 Å². The number of thiocarbonyl (C=S) groups is 1. The summed E-state index contributed by atoms with van der Waals surface area (Å²) in [7, 11) is 0. The van der Waals surface area contributed by atoms with Gasteiger partial charge in [0.1, 0.15) is 0 Å². The molecule has 3 aromatic carbocycles. The second-order valence-electron chi connectivity index (χ2n) is 8.13. The van der Waals surface area contributed by atoms with Crippen LogP contribution in [0.1, 0.15) is 15.9 Å². The van der Waals surface area contributed by atoms with Gasteiger partial charge in [-0.05, 0) is 72.4 Å². The van der Waals surface area contributed by atoms with Crippen molar-refractivity contribution in [2.45, 2.75) is 0 Å². The minimum Gasteiger partial charge on any atom is -0.368 e. The Morgan fingerprint density at radius 2 is 1.58 bits per heavy atom. The molecule has 2 amide bonds. The van der Waals surface area contributed by atoms with Gasteiger partial charge < -0.3 is 15.1 Å². The molecule has 0 bridgehead atoms. The van der Waals surface area contributed by atoms with Gasteiger partial charge >= 0.3 is 0 Å². The molecule has 0 radical (unpaired) electrons. The Morgan fingerprint density at radius 3 is 2.25 bits per heavy atom. The number of anilines is 2. The molecule has 1 aliphatic heterocycles. The van der Waals surface area contributed by atoms with E-state index in [0.717, 1.165) is 24.5 Å². The highest BCUT2D eigenvalue weighted by atomic mass is 35.5. The normalized spacial score (nSPS) is 13.5. The van der Waals surface area contributed by atoms with Crippen LogP contribution in [0.2, 0.25) is 10.0 Å². The van der Waals surface area contributed by atoms with Gasteiger partial charge in [0, 0.05) is 59.2 Å². The summed E-state index contributed by atoms with van der Waals surface area (Å²) < 4.78 is 0. The Balaban J connectivity index is 1.25. The third kappa shape index (κ3) is 6.85. The lowest BCUT2D eigenvalue weighted by Crippen LogP contribution is -2.48. The molecule has 0 saturated carbocycles. The van der Waals surface area contributed by atoms with Gasteiger partial charge in [0.05, 0.1) is 0 Å². The first-order chi connectivity index (χ1) is 17.4. The Hall–Kier alpha value is -3.39. The number of piperazine rings is 1. The van der Waals surface area contributed by atoms with E-state index in [-0.39, 0.29) is 16.9 Å². The molecule has 1 aliphatic rings. The highest BCUT2D eigenvalue weighted by Gasteiger charge is 2.22. The van der Waals surface area contributed by atoms with E-state index in [1.54, 1.807) is 24.3 Å². The molecule has 0 aliphatic carbocycles. The smallest absolute Gasteiger partial charge is 0.253 e. The van der Waals surface area contributed by atoms with Crippen molar-refractivity contribution in [2.75, 3.05) is 36.4 Å². The van der Waals surface area contributed by atoms with Gasteiger partial charge in [0.2, 0.25) is 5.91 Å². The zero-order chi connectivity index (χ0) is 25.5. The standard InChI is InChI=1S/C27H24Cl2N4O2S/c28-21-8-6-19(24(29)18-21)7-13-25(34)31-27(36)30-22-9-11-23(12-10-22)32-14-16-33(17-15-32)26(35)20-4-2-1-3-5-20/h1-13,18H,14-17H2,(H2,30,31,34,36)/b13-7+. The van der Waals surface area contributed by atoms with Crippen molar-refractivity contribution in [3.8, 4) is 0 Å². The molecule has 2 N–H and O–H groups in total. The van der Waals surface area contributed by atoms with Crippen LogP contribution >= 0.6 is 35.4 Å². The highest BCUT2D eigenvalue weighted by Crippen LogP contribution is 2.22. The van der Waals surface area contributed by atoms with E-state index in [1.165, 1.54) is 6.08 Å². The van der Waals surface area contributed by atoms with Crippen LogP contribution in [0.25, 0.3) is 6.08 Å². The number of rotatable bonds is 5. The predicted molar refractivity (Wildman–Crippen MR) is 151 cm³/mol. The monoisotopic (exact) mass is 538 g/mol. The van der Waals surface area contributed by atoms with Crippen LogP contribution in [0.4, 0.5) is 11.4 Å². The molecule has 0 unspecified atom stereocenters. The maximum absolute atomic E-state index is 12.6. The first-order valence-corrected chi connectivity index (χ1v) is 12.5.